The van der Waals surface area contributed by atoms with Crippen molar-refractivity contribution in [2.24, 2.45) is 5.10 Å². The maximum Gasteiger partial charge on any atom is 0.185 e. The van der Waals surface area contributed by atoms with E-state index in [0.29, 0.717) is 37.8 Å². The number of halogens is 3. The maximum atomic E-state index is 10.4. The molecule has 2 N–H and O–H groups in total. The van der Waals surface area contributed by atoms with Crippen LogP contribution in [0.1, 0.15) is 11.1 Å². The lowest BCUT2D eigenvalue weighted by molar-refractivity contribution is 0.311. The first-order valence-corrected chi connectivity index (χ1v) is 7.19. The van der Waals surface area contributed by atoms with Gasteiger partial charge in [0.25, 0.3) is 0 Å². The minimum atomic E-state index is 0.334. The Hall–Kier alpha value is -1.46. The Bertz CT molecular complexity index is 761. The van der Waals surface area contributed by atoms with Crippen LogP contribution in [0, 0.1) is 6.92 Å². The zero-order chi connectivity index (χ0) is 15.1. The number of fused-ring (bicyclic) bond motifs is 1. The second kappa shape index (κ2) is 5.39. The SMILES string of the molecule is Cc1c(Cl)cccc1C1=NNc2cc(Cl)c(Cl)cc2N1O. The normalized spacial score (nSPS) is 13.6. The van der Waals surface area contributed by atoms with Crippen molar-refractivity contribution in [2.45, 2.75) is 6.92 Å². The van der Waals surface area contributed by atoms with Crippen LogP contribution < -0.4 is 10.5 Å². The number of hydrogen-bond donors (Lipinski definition) is 2. The van der Waals surface area contributed by atoms with Crippen LogP contribution in [0.4, 0.5) is 11.4 Å². The second-order valence-electron chi connectivity index (χ2n) is 4.55. The van der Waals surface area contributed by atoms with E-state index in [9.17, 15) is 5.21 Å². The fraction of sp³-hybridized carbons (Fsp3) is 0.0714. The summed E-state index contributed by atoms with van der Waals surface area (Å²) < 4.78 is 0. The van der Waals surface area contributed by atoms with E-state index in [4.69, 9.17) is 34.8 Å². The molecule has 0 amide bonds. The molecule has 7 heteroatoms. The van der Waals surface area contributed by atoms with Crippen molar-refractivity contribution in [3.05, 3.63) is 56.5 Å². The first-order valence-electron chi connectivity index (χ1n) is 6.06. The van der Waals surface area contributed by atoms with Crippen molar-refractivity contribution in [3.8, 4) is 0 Å². The van der Waals surface area contributed by atoms with Gasteiger partial charge in [0.1, 0.15) is 0 Å². The zero-order valence-electron chi connectivity index (χ0n) is 10.9. The van der Waals surface area contributed by atoms with Gasteiger partial charge in [0.15, 0.2) is 5.84 Å². The van der Waals surface area contributed by atoms with E-state index in [1.807, 2.05) is 13.0 Å². The van der Waals surface area contributed by atoms with Gasteiger partial charge >= 0.3 is 0 Å². The van der Waals surface area contributed by atoms with E-state index >= 15 is 0 Å². The first kappa shape index (κ1) is 14.5. The molecule has 0 bridgehead atoms. The summed E-state index contributed by atoms with van der Waals surface area (Å²) in [5.74, 6) is 0.334. The number of benzene rings is 2. The number of anilines is 2. The van der Waals surface area contributed by atoms with E-state index in [-0.39, 0.29) is 0 Å². The Morgan fingerprint density at radius 3 is 2.57 bits per heavy atom. The van der Waals surface area contributed by atoms with Gasteiger partial charge in [-0.15, -0.1) is 0 Å². The molecule has 108 valence electrons. The minimum absolute atomic E-state index is 0.334. The summed E-state index contributed by atoms with van der Waals surface area (Å²) in [5.41, 5.74) is 5.43. The Balaban J connectivity index is 2.10. The molecule has 1 aliphatic rings. The van der Waals surface area contributed by atoms with Crippen molar-refractivity contribution < 1.29 is 5.21 Å². The van der Waals surface area contributed by atoms with Crippen LogP contribution in [0.2, 0.25) is 15.1 Å². The molecular formula is C14H10Cl3N3O. The van der Waals surface area contributed by atoms with Crippen LogP contribution in [-0.2, 0) is 0 Å². The van der Waals surface area contributed by atoms with Gasteiger partial charge in [-0.3, -0.25) is 10.6 Å². The maximum absolute atomic E-state index is 10.4. The highest BCUT2D eigenvalue weighted by molar-refractivity contribution is 6.42. The molecule has 21 heavy (non-hydrogen) atoms. The van der Waals surface area contributed by atoms with Gasteiger partial charge in [-0.05, 0) is 30.7 Å². The third-order valence-corrected chi connectivity index (χ3v) is 4.39. The Kier molecular flexibility index (Phi) is 3.71. The molecule has 0 spiro atoms. The fourth-order valence-corrected chi connectivity index (χ4v) is 2.60. The van der Waals surface area contributed by atoms with Crippen molar-refractivity contribution in [1.29, 1.82) is 0 Å². The molecule has 3 rings (SSSR count). The lowest BCUT2D eigenvalue weighted by Crippen LogP contribution is -2.33. The van der Waals surface area contributed by atoms with Gasteiger partial charge in [0.05, 0.1) is 21.4 Å². The second-order valence-corrected chi connectivity index (χ2v) is 5.78. The first-order chi connectivity index (χ1) is 9.99. The third kappa shape index (κ3) is 2.45. The van der Waals surface area contributed by atoms with Crippen LogP contribution >= 0.6 is 34.8 Å². The number of hydrogen-bond acceptors (Lipinski definition) is 4. The van der Waals surface area contributed by atoms with E-state index < -0.39 is 0 Å². The van der Waals surface area contributed by atoms with E-state index in [2.05, 4.69) is 10.5 Å². The highest BCUT2D eigenvalue weighted by Gasteiger charge is 2.24. The summed E-state index contributed by atoms with van der Waals surface area (Å²) in [5, 5.41) is 16.9. The standard InChI is InChI=1S/C14H10Cl3N3O/c1-7-8(3-2-4-9(7)15)14-19-18-12-5-10(16)11(17)6-13(12)20(14)21/h2-6,18,21H,1H3. The van der Waals surface area contributed by atoms with Gasteiger partial charge in [-0.25, -0.2) is 5.06 Å². The lowest BCUT2D eigenvalue weighted by atomic mass is 10.1. The average Bonchev–Trinajstić information content (AvgIpc) is 2.45. The zero-order valence-corrected chi connectivity index (χ0v) is 13.1. The summed E-state index contributed by atoms with van der Waals surface area (Å²) in [6.07, 6.45) is 0. The highest BCUT2D eigenvalue weighted by atomic mass is 35.5. The van der Waals surface area contributed by atoms with Gasteiger partial charge in [-0.2, -0.15) is 5.10 Å². The van der Waals surface area contributed by atoms with E-state index in [0.717, 1.165) is 10.6 Å². The number of hydroxylamine groups is 1. The number of rotatable bonds is 1. The number of hydrazone groups is 1. The lowest BCUT2D eigenvalue weighted by Gasteiger charge is -2.27. The summed E-state index contributed by atoms with van der Waals surface area (Å²) in [7, 11) is 0. The number of nitrogens with zero attached hydrogens (tertiary/aromatic N) is 2. The molecule has 2 aromatic carbocycles. The molecule has 0 unspecified atom stereocenters. The molecule has 1 aliphatic heterocycles. The van der Waals surface area contributed by atoms with Crippen LogP contribution in [-0.4, -0.2) is 11.0 Å². The Labute approximate surface area is 136 Å². The van der Waals surface area contributed by atoms with Crippen molar-refractivity contribution in [2.75, 3.05) is 10.5 Å². The average molecular weight is 343 g/mol. The van der Waals surface area contributed by atoms with Crippen LogP contribution in [0.15, 0.2) is 35.4 Å². The fourth-order valence-electron chi connectivity index (χ4n) is 2.10. The number of nitrogens with one attached hydrogen (secondary N) is 1. The summed E-state index contributed by atoms with van der Waals surface area (Å²) in [6, 6.07) is 8.58. The van der Waals surface area contributed by atoms with Crippen LogP contribution in [0.5, 0.6) is 0 Å². The molecule has 0 radical (unpaired) electrons. The van der Waals surface area contributed by atoms with Gasteiger partial charge in [-0.1, -0.05) is 46.9 Å². The molecule has 0 saturated carbocycles. The predicted molar refractivity (Wildman–Crippen MR) is 87.1 cm³/mol. The topological polar surface area (TPSA) is 47.9 Å². The molecule has 2 aromatic rings. The Morgan fingerprint density at radius 1 is 1.10 bits per heavy atom. The molecule has 0 saturated heterocycles. The predicted octanol–water partition coefficient (Wildman–Crippen LogP) is 4.94. The van der Waals surface area contributed by atoms with Gasteiger partial charge < -0.3 is 0 Å². The molecule has 0 atom stereocenters. The van der Waals surface area contributed by atoms with Crippen LogP contribution in [0.25, 0.3) is 0 Å². The highest BCUT2D eigenvalue weighted by Crippen LogP contribution is 2.37. The summed E-state index contributed by atoms with van der Waals surface area (Å²) >= 11 is 18.1. The van der Waals surface area contributed by atoms with E-state index in [1.54, 1.807) is 24.3 Å². The smallest absolute Gasteiger partial charge is 0.185 e. The third-order valence-electron chi connectivity index (χ3n) is 3.26. The van der Waals surface area contributed by atoms with Gasteiger partial charge in [0.2, 0.25) is 0 Å². The molecule has 0 aliphatic carbocycles. The van der Waals surface area contributed by atoms with E-state index in [1.165, 1.54) is 0 Å². The molecule has 4 nitrogen and oxygen atoms in total. The van der Waals surface area contributed by atoms with Crippen molar-refractivity contribution >= 4 is 52.0 Å². The van der Waals surface area contributed by atoms with Crippen molar-refractivity contribution in [3.63, 3.8) is 0 Å². The molecule has 0 fully saturated rings. The largest absolute Gasteiger partial charge is 0.282 e. The van der Waals surface area contributed by atoms with Crippen LogP contribution in [0.3, 0.4) is 0 Å². The Morgan fingerprint density at radius 2 is 1.81 bits per heavy atom. The quantitative estimate of drug-likeness (QED) is 0.772. The minimum Gasteiger partial charge on any atom is -0.282 e. The summed E-state index contributed by atoms with van der Waals surface area (Å²) in [4.78, 5) is 0. The summed E-state index contributed by atoms with van der Waals surface area (Å²) in [6.45, 7) is 1.86. The molecule has 1 heterocycles. The molecule has 0 aromatic heterocycles. The molecular weight excluding hydrogens is 333 g/mol. The number of amidine groups is 1. The van der Waals surface area contributed by atoms with Gasteiger partial charge in [0, 0.05) is 10.6 Å². The van der Waals surface area contributed by atoms with Crippen molar-refractivity contribution in [1.82, 2.24) is 0 Å². The monoisotopic (exact) mass is 341 g/mol.